The lowest BCUT2D eigenvalue weighted by Crippen LogP contribution is -2.29. The fourth-order valence-electron chi connectivity index (χ4n) is 2.73. The molecule has 3 aromatic rings. The van der Waals surface area contributed by atoms with Gasteiger partial charge in [-0.3, -0.25) is 9.69 Å². The van der Waals surface area contributed by atoms with Crippen LogP contribution in [0.4, 0.5) is 13.9 Å². The van der Waals surface area contributed by atoms with Crippen LogP contribution in [0.1, 0.15) is 5.56 Å². The summed E-state index contributed by atoms with van der Waals surface area (Å²) in [6.45, 7) is 0.677. The molecule has 3 rings (SSSR count). The van der Waals surface area contributed by atoms with Crippen LogP contribution < -0.4 is 10.1 Å². The molecular formula is C20H19F2N3O2S. The summed E-state index contributed by atoms with van der Waals surface area (Å²) in [6, 6.07) is 10.8. The van der Waals surface area contributed by atoms with Crippen LogP contribution in [0, 0.1) is 11.6 Å². The SMILES string of the molecule is COc1ccccc1CN(C)CC(=O)Nc1nc(-c2cc(F)ccc2F)cs1. The van der Waals surface area contributed by atoms with Crippen LogP contribution in [0.5, 0.6) is 5.75 Å². The molecule has 0 aliphatic heterocycles. The van der Waals surface area contributed by atoms with Crippen LogP contribution in [0.15, 0.2) is 47.8 Å². The van der Waals surface area contributed by atoms with Gasteiger partial charge in [0, 0.05) is 23.1 Å². The molecule has 0 fully saturated rings. The van der Waals surface area contributed by atoms with Crippen molar-refractivity contribution in [1.29, 1.82) is 0 Å². The summed E-state index contributed by atoms with van der Waals surface area (Å²) in [5.74, 6) is -0.608. The van der Waals surface area contributed by atoms with Gasteiger partial charge in [-0.15, -0.1) is 11.3 Å². The van der Waals surface area contributed by atoms with E-state index in [1.807, 2.05) is 36.2 Å². The molecule has 0 saturated carbocycles. The van der Waals surface area contributed by atoms with Gasteiger partial charge in [-0.1, -0.05) is 18.2 Å². The quantitative estimate of drug-likeness (QED) is 0.643. The summed E-state index contributed by atoms with van der Waals surface area (Å²) >= 11 is 1.15. The number of para-hydroxylation sites is 1. The maximum atomic E-state index is 13.9. The summed E-state index contributed by atoms with van der Waals surface area (Å²) in [4.78, 5) is 18.3. The standard InChI is InChI=1S/C20H19F2N3O2S/c1-25(10-13-5-3-4-6-18(13)27-2)11-19(26)24-20-23-17(12-28-20)15-9-14(21)7-8-16(15)22/h3-9,12H,10-11H2,1-2H3,(H,23,24,26). The number of hydrogen-bond acceptors (Lipinski definition) is 5. The number of thiazole rings is 1. The number of likely N-dealkylation sites (N-methyl/N-ethyl adjacent to an activating group) is 1. The number of carbonyl (C=O) groups is 1. The van der Waals surface area contributed by atoms with Crippen molar-refractivity contribution in [2.75, 3.05) is 26.0 Å². The molecular weight excluding hydrogens is 384 g/mol. The highest BCUT2D eigenvalue weighted by Crippen LogP contribution is 2.27. The molecule has 28 heavy (non-hydrogen) atoms. The first-order valence-corrected chi connectivity index (χ1v) is 9.35. The van der Waals surface area contributed by atoms with Crippen LogP contribution in [-0.4, -0.2) is 36.5 Å². The minimum atomic E-state index is -0.568. The fraction of sp³-hybridized carbons (Fsp3) is 0.200. The van der Waals surface area contributed by atoms with Crippen molar-refractivity contribution in [1.82, 2.24) is 9.88 Å². The van der Waals surface area contributed by atoms with Gasteiger partial charge in [0.2, 0.25) is 5.91 Å². The van der Waals surface area contributed by atoms with Crippen molar-refractivity contribution in [3.8, 4) is 17.0 Å². The van der Waals surface area contributed by atoms with Crippen molar-refractivity contribution in [3.05, 3.63) is 65.0 Å². The van der Waals surface area contributed by atoms with Crippen LogP contribution in [0.2, 0.25) is 0 Å². The Morgan fingerprint density at radius 2 is 2.04 bits per heavy atom. The molecule has 0 saturated heterocycles. The van der Waals surface area contributed by atoms with E-state index in [1.54, 1.807) is 12.5 Å². The lowest BCUT2D eigenvalue weighted by Gasteiger charge is -2.17. The molecule has 2 aromatic carbocycles. The van der Waals surface area contributed by atoms with E-state index in [4.69, 9.17) is 4.74 Å². The molecule has 1 amide bonds. The van der Waals surface area contributed by atoms with Crippen molar-refractivity contribution >= 4 is 22.4 Å². The lowest BCUT2D eigenvalue weighted by molar-refractivity contribution is -0.117. The lowest BCUT2D eigenvalue weighted by atomic mass is 10.1. The summed E-state index contributed by atoms with van der Waals surface area (Å²) in [5, 5.41) is 4.59. The highest BCUT2D eigenvalue weighted by atomic mass is 32.1. The molecule has 0 unspecified atom stereocenters. The molecule has 1 heterocycles. The molecule has 5 nitrogen and oxygen atoms in total. The van der Waals surface area contributed by atoms with Gasteiger partial charge in [0.15, 0.2) is 5.13 Å². The summed E-state index contributed by atoms with van der Waals surface area (Å²) in [7, 11) is 3.43. The number of benzene rings is 2. The molecule has 8 heteroatoms. The summed E-state index contributed by atoms with van der Waals surface area (Å²) in [6.07, 6.45) is 0. The maximum absolute atomic E-state index is 13.9. The van der Waals surface area contributed by atoms with Crippen molar-refractivity contribution < 1.29 is 18.3 Å². The molecule has 0 aliphatic carbocycles. The number of methoxy groups -OCH3 is 1. The van der Waals surface area contributed by atoms with Crippen LogP contribution in [0.3, 0.4) is 0 Å². The number of anilines is 1. The third-order valence-electron chi connectivity index (χ3n) is 4.00. The van der Waals surface area contributed by atoms with Gasteiger partial charge in [-0.25, -0.2) is 13.8 Å². The Hall–Kier alpha value is -2.84. The molecule has 0 aliphatic rings. The Labute approximate surface area is 165 Å². The number of nitrogens with one attached hydrogen (secondary N) is 1. The molecule has 1 aromatic heterocycles. The zero-order chi connectivity index (χ0) is 20.1. The molecule has 0 atom stereocenters. The predicted molar refractivity (Wildman–Crippen MR) is 105 cm³/mol. The monoisotopic (exact) mass is 403 g/mol. The largest absolute Gasteiger partial charge is 0.496 e. The molecule has 0 bridgehead atoms. The van der Waals surface area contributed by atoms with Crippen LogP contribution in [0.25, 0.3) is 11.3 Å². The van der Waals surface area contributed by atoms with Gasteiger partial charge in [-0.2, -0.15) is 0 Å². The van der Waals surface area contributed by atoms with Gasteiger partial charge >= 0.3 is 0 Å². The Morgan fingerprint density at radius 3 is 2.82 bits per heavy atom. The van der Waals surface area contributed by atoms with Gasteiger partial charge < -0.3 is 10.1 Å². The third-order valence-corrected chi connectivity index (χ3v) is 4.76. The Kier molecular flexibility index (Phi) is 6.33. The first-order valence-electron chi connectivity index (χ1n) is 8.47. The van der Waals surface area contributed by atoms with Crippen LogP contribution in [-0.2, 0) is 11.3 Å². The van der Waals surface area contributed by atoms with Gasteiger partial charge in [0.25, 0.3) is 0 Å². The molecule has 0 radical (unpaired) electrons. The van der Waals surface area contributed by atoms with Gasteiger partial charge in [-0.05, 0) is 31.3 Å². The summed E-state index contributed by atoms with van der Waals surface area (Å²) < 4.78 is 32.5. The molecule has 0 spiro atoms. The number of nitrogens with zero attached hydrogens (tertiary/aromatic N) is 2. The van der Waals surface area contributed by atoms with Crippen molar-refractivity contribution in [2.24, 2.45) is 0 Å². The average Bonchev–Trinajstić information content (AvgIpc) is 3.12. The molecule has 1 N–H and O–H groups in total. The van der Waals surface area contributed by atoms with Gasteiger partial charge in [0.05, 0.1) is 19.3 Å². The smallest absolute Gasteiger partial charge is 0.240 e. The number of halogens is 2. The van der Waals surface area contributed by atoms with E-state index in [0.717, 1.165) is 40.8 Å². The second kappa shape index (κ2) is 8.90. The number of carbonyl (C=O) groups excluding carboxylic acids is 1. The Balaban J connectivity index is 1.61. The zero-order valence-electron chi connectivity index (χ0n) is 15.4. The number of aromatic nitrogens is 1. The van der Waals surface area contributed by atoms with E-state index in [1.165, 1.54) is 0 Å². The predicted octanol–water partition coefficient (Wildman–Crippen LogP) is 4.17. The molecule has 146 valence electrons. The second-order valence-electron chi connectivity index (χ2n) is 6.19. The van der Waals surface area contributed by atoms with E-state index >= 15 is 0 Å². The summed E-state index contributed by atoms with van der Waals surface area (Å²) in [5.41, 5.74) is 1.31. The maximum Gasteiger partial charge on any atom is 0.240 e. The first kappa shape index (κ1) is 19.9. The van der Waals surface area contributed by atoms with Crippen molar-refractivity contribution in [3.63, 3.8) is 0 Å². The van der Waals surface area contributed by atoms with E-state index in [0.29, 0.717) is 11.7 Å². The number of rotatable bonds is 7. The third kappa shape index (κ3) is 4.90. The van der Waals surface area contributed by atoms with E-state index in [9.17, 15) is 13.6 Å². The number of amides is 1. The van der Waals surface area contributed by atoms with E-state index in [-0.39, 0.29) is 23.7 Å². The normalized spacial score (nSPS) is 10.9. The van der Waals surface area contributed by atoms with E-state index in [2.05, 4.69) is 10.3 Å². The number of hydrogen-bond donors (Lipinski definition) is 1. The highest BCUT2D eigenvalue weighted by molar-refractivity contribution is 7.14. The highest BCUT2D eigenvalue weighted by Gasteiger charge is 2.14. The Morgan fingerprint density at radius 1 is 1.25 bits per heavy atom. The minimum absolute atomic E-state index is 0.0602. The minimum Gasteiger partial charge on any atom is -0.496 e. The van der Waals surface area contributed by atoms with E-state index < -0.39 is 11.6 Å². The fourth-order valence-corrected chi connectivity index (χ4v) is 3.46. The first-order chi connectivity index (χ1) is 13.5. The van der Waals surface area contributed by atoms with Crippen LogP contribution >= 0.6 is 11.3 Å². The van der Waals surface area contributed by atoms with Gasteiger partial charge in [0.1, 0.15) is 17.4 Å². The topological polar surface area (TPSA) is 54.5 Å². The average molecular weight is 403 g/mol. The van der Waals surface area contributed by atoms with Crippen molar-refractivity contribution in [2.45, 2.75) is 6.54 Å². The number of ether oxygens (including phenoxy) is 1. The Bertz CT molecular complexity index is 978. The second-order valence-corrected chi connectivity index (χ2v) is 7.05. The zero-order valence-corrected chi connectivity index (χ0v) is 16.2.